The van der Waals surface area contributed by atoms with Crippen molar-refractivity contribution in [3.05, 3.63) is 30.4 Å². The lowest BCUT2D eigenvalue weighted by atomic mass is 10.2. The maximum absolute atomic E-state index is 11.0. The molecular weight excluding hydrogens is 182 g/mol. The molecule has 0 unspecified atom stereocenters. The first kappa shape index (κ1) is 8.87. The van der Waals surface area contributed by atoms with Gasteiger partial charge in [0.2, 0.25) is 0 Å². The Balaban J connectivity index is 2.31. The van der Waals surface area contributed by atoms with Crippen LogP contribution in [0.5, 0.6) is 5.75 Å². The molecule has 0 atom stereocenters. The maximum Gasteiger partial charge on any atom is 0.326 e. The first-order valence-electron chi connectivity index (χ1n) is 4.24. The summed E-state index contributed by atoms with van der Waals surface area (Å²) in [7, 11) is 1.60. The van der Waals surface area contributed by atoms with E-state index in [1.165, 1.54) is 6.61 Å². The number of methoxy groups -OCH3 is 1. The van der Waals surface area contributed by atoms with Crippen LogP contribution in [0.25, 0.3) is 0 Å². The third kappa shape index (κ3) is 1.64. The van der Waals surface area contributed by atoms with Crippen LogP contribution in [0, 0.1) is 6.61 Å². The number of ether oxygens (including phenoxy) is 2. The van der Waals surface area contributed by atoms with Crippen LogP contribution in [0.4, 0.5) is 5.69 Å². The van der Waals surface area contributed by atoms with Gasteiger partial charge in [-0.25, -0.2) is 0 Å². The van der Waals surface area contributed by atoms with Crippen molar-refractivity contribution in [2.45, 2.75) is 0 Å². The summed E-state index contributed by atoms with van der Waals surface area (Å²) < 4.78 is 9.91. The van der Waals surface area contributed by atoms with Gasteiger partial charge in [-0.05, 0) is 18.2 Å². The van der Waals surface area contributed by atoms with Gasteiger partial charge in [-0.3, -0.25) is 4.79 Å². The average Bonchev–Trinajstić information content (AvgIpc) is 2.40. The number of rotatable bonds is 1. The zero-order valence-corrected chi connectivity index (χ0v) is 7.74. The fourth-order valence-corrected chi connectivity index (χ4v) is 1.26. The molecule has 0 bridgehead atoms. The van der Waals surface area contributed by atoms with E-state index >= 15 is 0 Å². The van der Waals surface area contributed by atoms with Crippen LogP contribution in [0.2, 0.25) is 0 Å². The molecule has 0 aromatic heterocycles. The minimum Gasteiger partial charge on any atom is -0.497 e. The number of fused-ring (bicyclic) bond motifs is 1. The van der Waals surface area contributed by atoms with E-state index in [-0.39, 0.29) is 12.5 Å². The predicted octanol–water partition coefficient (Wildman–Crippen LogP) is 1.17. The molecule has 0 saturated carbocycles. The van der Waals surface area contributed by atoms with Crippen molar-refractivity contribution in [2.75, 3.05) is 19.0 Å². The smallest absolute Gasteiger partial charge is 0.326 e. The van der Waals surface area contributed by atoms with Crippen LogP contribution in [0.15, 0.2) is 18.2 Å². The summed E-state index contributed by atoms with van der Waals surface area (Å²) in [4.78, 5) is 11.0. The first-order valence-corrected chi connectivity index (χ1v) is 4.24. The van der Waals surface area contributed by atoms with Crippen molar-refractivity contribution in [3.8, 4) is 5.75 Å². The highest BCUT2D eigenvalue weighted by molar-refractivity contribution is 5.78. The molecule has 1 aliphatic rings. The van der Waals surface area contributed by atoms with E-state index in [9.17, 15) is 4.79 Å². The molecule has 1 radical (unpaired) electrons. The molecule has 0 amide bonds. The molecule has 0 aliphatic carbocycles. The van der Waals surface area contributed by atoms with Crippen molar-refractivity contribution in [1.82, 2.24) is 0 Å². The quantitative estimate of drug-likeness (QED) is 0.678. The number of hydrogen-bond donors (Lipinski definition) is 1. The van der Waals surface area contributed by atoms with Gasteiger partial charge in [0.15, 0.2) is 6.61 Å². The molecule has 4 nitrogen and oxygen atoms in total. The monoisotopic (exact) mass is 192 g/mol. The Morgan fingerprint density at radius 1 is 1.50 bits per heavy atom. The number of esters is 1. The van der Waals surface area contributed by atoms with Crippen LogP contribution >= 0.6 is 0 Å². The summed E-state index contributed by atoms with van der Waals surface area (Å²) in [5, 5.41) is 2.96. The van der Waals surface area contributed by atoms with Crippen molar-refractivity contribution in [2.24, 2.45) is 0 Å². The molecule has 4 heteroatoms. The highest BCUT2D eigenvalue weighted by Crippen LogP contribution is 2.25. The van der Waals surface area contributed by atoms with Gasteiger partial charge < -0.3 is 14.8 Å². The van der Waals surface area contributed by atoms with Gasteiger partial charge in [0.1, 0.15) is 12.3 Å². The summed E-state index contributed by atoms with van der Waals surface area (Å²) in [5.41, 5.74) is 1.69. The van der Waals surface area contributed by atoms with E-state index in [0.717, 1.165) is 17.0 Å². The molecule has 2 rings (SSSR count). The standard InChI is InChI=1S/C10H10NO3/c1-13-8-2-3-9-7(4-8)6-14-10(12)5-11-9/h2-4,6,11H,5H2,1H3. The summed E-state index contributed by atoms with van der Waals surface area (Å²) in [6.45, 7) is 1.62. The Kier molecular flexibility index (Phi) is 2.26. The Bertz CT molecular complexity index is 362. The fraction of sp³-hybridized carbons (Fsp3) is 0.200. The van der Waals surface area contributed by atoms with Crippen LogP contribution in [-0.4, -0.2) is 19.6 Å². The fourth-order valence-electron chi connectivity index (χ4n) is 1.26. The van der Waals surface area contributed by atoms with E-state index in [4.69, 9.17) is 9.47 Å². The van der Waals surface area contributed by atoms with Gasteiger partial charge in [-0.2, -0.15) is 0 Å². The van der Waals surface area contributed by atoms with E-state index in [2.05, 4.69) is 5.32 Å². The molecule has 14 heavy (non-hydrogen) atoms. The highest BCUT2D eigenvalue weighted by Gasteiger charge is 2.13. The van der Waals surface area contributed by atoms with E-state index in [1.54, 1.807) is 13.2 Å². The highest BCUT2D eigenvalue weighted by atomic mass is 16.5. The van der Waals surface area contributed by atoms with Crippen LogP contribution < -0.4 is 10.1 Å². The van der Waals surface area contributed by atoms with Gasteiger partial charge in [0, 0.05) is 11.3 Å². The van der Waals surface area contributed by atoms with Crippen molar-refractivity contribution in [1.29, 1.82) is 0 Å². The minimum atomic E-state index is -0.292. The van der Waals surface area contributed by atoms with E-state index < -0.39 is 0 Å². The largest absolute Gasteiger partial charge is 0.497 e. The van der Waals surface area contributed by atoms with E-state index in [1.807, 2.05) is 12.1 Å². The average molecular weight is 192 g/mol. The Hall–Kier alpha value is -1.71. The molecule has 1 N–H and O–H groups in total. The topological polar surface area (TPSA) is 47.6 Å². The number of anilines is 1. The summed E-state index contributed by atoms with van der Waals surface area (Å²) in [5.74, 6) is 0.444. The second-order valence-corrected chi connectivity index (χ2v) is 2.91. The predicted molar refractivity (Wildman–Crippen MR) is 51.0 cm³/mol. The SMILES string of the molecule is COc1ccc2c(c1)[CH]OC(=O)CN2. The van der Waals surface area contributed by atoms with Gasteiger partial charge in [-0.1, -0.05) is 0 Å². The second kappa shape index (κ2) is 3.57. The van der Waals surface area contributed by atoms with Crippen LogP contribution in [0.1, 0.15) is 5.56 Å². The maximum atomic E-state index is 11.0. The molecular formula is C10H10NO3. The normalized spacial score (nSPS) is 14.8. The van der Waals surface area contributed by atoms with Gasteiger partial charge in [-0.15, -0.1) is 0 Å². The number of nitrogens with one attached hydrogen (secondary N) is 1. The molecule has 73 valence electrons. The molecule has 1 aromatic rings. The van der Waals surface area contributed by atoms with Crippen molar-refractivity contribution < 1.29 is 14.3 Å². The lowest BCUT2D eigenvalue weighted by Gasteiger charge is -2.06. The summed E-state index contributed by atoms with van der Waals surface area (Å²) >= 11 is 0. The zero-order chi connectivity index (χ0) is 9.97. The number of benzene rings is 1. The van der Waals surface area contributed by atoms with Gasteiger partial charge in [0.25, 0.3) is 0 Å². The van der Waals surface area contributed by atoms with E-state index in [0.29, 0.717) is 0 Å². The second-order valence-electron chi connectivity index (χ2n) is 2.91. The van der Waals surface area contributed by atoms with Crippen molar-refractivity contribution in [3.63, 3.8) is 0 Å². The Morgan fingerprint density at radius 3 is 3.14 bits per heavy atom. The Morgan fingerprint density at radius 2 is 2.36 bits per heavy atom. The van der Waals surface area contributed by atoms with Crippen LogP contribution in [-0.2, 0) is 9.53 Å². The number of cyclic esters (lactones) is 1. The molecule has 1 aliphatic heterocycles. The molecule has 1 aromatic carbocycles. The molecule has 0 saturated heterocycles. The summed E-state index contributed by atoms with van der Waals surface area (Å²) in [6.07, 6.45) is 0. The number of carbonyl (C=O) groups is 1. The number of carbonyl (C=O) groups excluding carboxylic acids is 1. The van der Waals surface area contributed by atoms with Gasteiger partial charge >= 0.3 is 5.97 Å². The molecule has 0 fully saturated rings. The van der Waals surface area contributed by atoms with Crippen LogP contribution in [0.3, 0.4) is 0 Å². The lowest BCUT2D eigenvalue weighted by molar-refractivity contribution is -0.137. The third-order valence-corrected chi connectivity index (χ3v) is 2.00. The third-order valence-electron chi connectivity index (χ3n) is 2.00. The zero-order valence-electron chi connectivity index (χ0n) is 7.74. The number of hydrogen-bond acceptors (Lipinski definition) is 4. The van der Waals surface area contributed by atoms with Gasteiger partial charge in [0.05, 0.1) is 7.11 Å². The molecule has 0 spiro atoms. The Labute approximate surface area is 81.8 Å². The summed E-state index contributed by atoms with van der Waals surface area (Å²) in [6, 6.07) is 5.49. The van der Waals surface area contributed by atoms with Crippen molar-refractivity contribution >= 4 is 11.7 Å². The first-order chi connectivity index (χ1) is 6.79. The molecule has 1 heterocycles. The lowest BCUT2D eigenvalue weighted by Crippen LogP contribution is -2.12. The minimum absolute atomic E-state index is 0.190.